The van der Waals surface area contributed by atoms with E-state index in [2.05, 4.69) is 10.3 Å². The molecule has 2 aromatic rings. The van der Waals surface area contributed by atoms with Crippen LogP contribution in [0, 0.1) is 5.92 Å². The van der Waals surface area contributed by atoms with Crippen LogP contribution in [0.1, 0.15) is 12.8 Å². The Kier molecular flexibility index (Phi) is 2.40. The SMILES string of the molecule is O=C(Nc1ccc(-c2cnco2)cc1)C1CC1. The van der Waals surface area contributed by atoms with Gasteiger partial charge in [-0.25, -0.2) is 4.98 Å². The Labute approximate surface area is 98.7 Å². The van der Waals surface area contributed by atoms with Gasteiger partial charge in [0.15, 0.2) is 12.2 Å². The minimum atomic E-state index is 0.123. The van der Waals surface area contributed by atoms with Crippen molar-refractivity contribution in [2.45, 2.75) is 12.8 Å². The Morgan fingerprint density at radius 3 is 2.65 bits per heavy atom. The monoisotopic (exact) mass is 228 g/mol. The summed E-state index contributed by atoms with van der Waals surface area (Å²) in [5.41, 5.74) is 1.78. The minimum Gasteiger partial charge on any atom is -0.444 e. The first-order valence-corrected chi connectivity index (χ1v) is 5.63. The Hall–Kier alpha value is -2.10. The van der Waals surface area contributed by atoms with Crippen molar-refractivity contribution in [3.8, 4) is 11.3 Å². The molecule has 1 aliphatic rings. The van der Waals surface area contributed by atoms with Gasteiger partial charge in [0.2, 0.25) is 5.91 Å². The van der Waals surface area contributed by atoms with Crippen molar-refractivity contribution in [2.75, 3.05) is 5.32 Å². The molecule has 0 unspecified atom stereocenters. The van der Waals surface area contributed by atoms with Gasteiger partial charge in [0, 0.05) is 17.2 Å². The highest BCUT2D eigenvalue weighted by Crippen LogP contribution is 2.30. The number of aromatic nitrogens is 1. The number of nitrogens with one attached hydrogen (secondary N) is 1. The van der Waals surface area contributed by atoms with E-state index in [1.807, 2.05) is 24.3 Å². The first kappa shape index (κ1) is 10.1. The minimum absolute atomic E-state index is 0.123. The van der Waals surface area contributed by atoms with Crippen LogP contribution in [0.15, 0.2) is 41.3 Å². The lowest BCUT2D eigenvalue weighted by Crippen LogP contribution is -2.12. The molecule has 1 aromatic heterocycles. The third-order valence-electron chi connectivity index (χ3n) is 2.82. The van der Waals surface area contributed by atoms with E-state index in [1.54, 1.807) is 6.20 Å². The van der Waals surface area contributed by atoms with Gasteiger partial charge in [-0.05, 0) is 37.1 Å². The van der Waals surface area contributed by atoms with Gasteiger partial charge in [-0.15, -0.1) is 0 Å². The Bertz CT molecular complexity index is 513. The number of amides is 1. The van der Waals surface area contributed by atoms with Crippen molar-refractivity contribution in [1.29, 1.82) is 0 Å². The predicted octanol–water partition coefficient (Wildman–Crippen LogP) is 2.69. The van der Waals surface area contributed by atoms with Gasteiger partial charge in [-0.3, -0.25) is 4.79 Å². The summed E-state index contributed by atoms with van der Waals surface area (Å²) >= 11 is 0. The summed E-state index contributed by atoms with van der Waals surface area (Å²) in [5.74, 6) is 1.08. The maximum absolute atomic E-state index is 11.5. The highest BCUT2D eigenvalue weighted by Gasteiger charge is 2.29. The average molecular weight is 228 g/mol. The van der Waals surface area contributed by atoms with Crippen LogP contribution in [0.2, 0.25) is 0 Å². The van der Waals surface area contributed by atoms with Crippen LogP contribution < -0.4 is 5.32 Å². The highest BCUT2D eigenvalue weighted by molar-refractivity contribution is 5.94. The molecule has 1 aliphatic carbocycles. The van der Waals surface area contributed by atoms with E-state index < -0.39 is 0 Å². The quantitative estimate of drug-likeness (QED) is 0.878. The summed E-state index contributed by atoms with van der Waals surface area (Å²) < 4.78 is 5.19. The summed E-state index contributed by atoms with van der Waals surface area (Å²) in [6.45, 7) is 0. The van der Waals surface area contributed by atoms with Gasteiger partial charge in [-0.2, -0.15) is 0 Å². The zero-order valence-electron chi connectivity index (χ0n) is 9.22. The Morgan fingerprint density at radius 2 is 2.06 bits per heavy atom. The molecule has 0 saturated heterocycles. The zero-order valence-corrected chi connectivity index (χ0v) is 9.22. The summed E-state index contributed by atoms with van der Waals surface area (Å²) in [6, 6.07) is 7.56. The van der Waals surface area contributed by atoms with E-state index in [0.717, 1.165) is 29.9 Å². The molecule has 4 heteroatoms. The smallest absolute Gasteiger partial charge is 0.227 e. The van der Waals surface area contributed by atoms with Crippen molar-refractivity contribution in [1.82, 2.24) is 4.98 Å². The fourth-order valence-corrected chi connectivity index (χ4v) is 1.67. The van der Waals surface area contributed by atoms with Gasteiger partial charge < -0.3 is 9.73 Å². The van der Waals surface area contributed by atoms with E-state index in [-0.39, 0.29) is 11.8 Å². The third-order valence-corrected chi connectivity index (χ3v) is 2.82. The molecule has 1 fully saturated rings. The molecule has 3 rings (SSSR count). The maximum Gasteiger partial charge on any atom is 0.227 e. The lowest BCUT2D eigenvalue weighted by atomic mass is 10.1. The second-order valence-electron chi connectivity index (χ2n) is 4.21. The first-order valence-electron chi connectivity index (χ1n) is 5.63. The van der Waals surface area contributed by atoms with Crippen LogP contribution in [0.5, 0.6) is 0 Å². The number of carbonyl (C=O) groups is 1. The molecule has 1 aromatic carbocycles. The second-order valence-corrected chi connectivity index (χ2v) is 4.21. The Morgan fingerprint density at radius 1 is 1.29 bits per heavy atom. The number of hydrogen-bond donors (Lipinski definition) is 1. The van der Waals surface area contributed by atoms with Gasteiger partial charge in [0.05, 0.1) is 6.20 Å². The predicted molar refractivity (Wildman–Crippen MR) is 63.3 cm³/mol. The highest BCUT2D eigenvalue weighted by atomic mass is 16.3. The standard InChI is InChI=1S/C13H12N2O2/c16-13(10-1-2-10)15-11-5-3-9(4-6-11)12-7-14-8-17-12/h3-8,10H,1-2H2,(H,15,16). The van der Waals surface area contributed by atoms with Crippen LogP contribution in [-0.2, 0) is 4.79 Å². The number of nitrogens with zero attached hydrogens (tertiary/aromatic N) is 1. The van der Waals surface area contributed by atoms with E-state index in [4.69, 9.17) is 4.42 Å². The zero-order chi connectivity index (χ0) is 11.7. The van der Waals surface area contributed by atoms with Gasteiger partial charge in [-0.1, -0.05) is 0 Å². The number of carbonyl (C=O) groups excluding carboxylic acids is 1. The normalized spacial score (nSPS) is 14.6. The van der Waals surface area contributed by atoms with Gasteiger partial charge >= 0.3 is 0 Å². The van der Waals surface area contributed by atoms with Crippen LogP contribution in [0.4, 0.5) is 5.69 Å². The molecule has 0 bridgehead atoms. The molecule has 1 N–H and O–H groups in total. The average Bonchev–Trinajstić information content (AvgIpc) is 3.07. The van der Waals surface area contributed by atoms with Crippen molar-refractivity contribution in [3.05, 3.63) is 36.9 Å². The molecule has 17 heavy (non-hydrogen) atoms. The maximum atomic E-state index is 11.5. The molecule has 0 atom stereocenters. The van der Waals surface area contributed by atoms with E-state index in [9.17, 15) is 4.79 Å². The molecule has 1 amide bonds. The van der Waals surface area contributed by atoms with Gasteiger partial charge in [0.25, 0.3) is 0 Å². The van der Waals surface area contributed by atoms with Crippen molar-refractivity contribution >= 4 is 11.6 Å². The number of hydrogen-bond acceptors (Lipinski definition) is 3. The molecular formula is C13H12N2O2. The third kappa shape index (κ3) is 2.20. The first-order chi connectivity index (χ1) is 8.33. The molecule has 0 radical (unpaired) electrons. The lowest BCUT2D eigenvalue weighted by Gasteiger charge is -2.04. The molecule has 0 spiro atoms. The van der Waals surface area contributed by atoms with E-state index in [0.29, 0.717) is 0 Å². The Balaban J connectivity index is 1.73. The van der Waals surface area contributed by atoms with E-state index in [1.165, 1.54) is 6.39 Å². The van der Waals surface area contributed by atoms with Crippen molar-refractivity contribution in [2.24, 2.45) is 5.92 Å². The van der Waals surface area contributed by atoms with Crippen LogP contribution >= 0.6 is 0 Å². The molecular weight excluding hydrogens is 216 g/mol. The number of benzene rings is 1. The topological polar surface area (TPSA) is 55.1 Å². The van der Waals surface area contributed by atoms with Crippen molar-refractivity contribution < 1.29 is 9.21 Å². The van der Waals surface area contributed by atoms with Crippen LogP contribution in [-0.4, -0.2) is 10.9 Å². The molecule has 1 saturated carbocycles. The fourth-order valence-electron chi connectivity index (χ4n) is 1.67. The molecule has 1 heterocycles. The number of rotatable bonds is 3. The molecule has 0 aliphatic heterocycles. The molecule has 4 nitrogen and oxygen atoms in total. The lowest BCUT2D eigenvalue weighted by molar-refractivity contribution is -0.117. The summed E-state index contributed by atoms with van der Waals surface area (Å²) in [5, 5.41) is 2.89. The number of anilines is 1. The van der Waals surface area contributed by atoms with Crippen molar-refractivity contribution in [3.63, 3.8) is 0 Å². The van der Waals surface area contributed by atoms with Crippen LogP contribution in [0.3, 0.4) is 0 Å². The van der Waals surface area contributed by atoms with E-state index >= 15 is 0 Å². The van der Waals surface area contributed by atoms with Gasteiger partial charge in [0.1, 0.15) is 0 Å². The summed E-state index contributed by atoms with van der Waals surface area (Å²) in [6.07, 6.45) is 5.10. The summed E-state index contributed by atoms with van der Waals surface area (Å²) in [4.78, 5) is 15.4. The summed E-state index contributed by atoms with van der Waals surface area (Å²) in [7, 11) is 0. The van der Waals surface area contributed by atoms with Crippen LogP contribution in [0.25, 0.3) is 11.3 Å². The fraction of sp³-hybridized carbons (Fsp3) is 0.231. The largest absolute Gasteiger partial charge is 0.444 e. The number of oxazole rings is 1. The molecule has 86 valence electrons. The second kappa shape index (κ2) is 4.05.